The molecule has 0 N–H and O–H groups in total. The van der Waals surface area contributed by atoms with E-state index >= 15 is 0 Å². The van der Waals surface area contributed by atoms with Crippen LogP contribution in [0.25, 0.3) is 5.69 Å². The highest BCUT2D eigenvalue weighted by molar-refractivity contribution is 5.94. The summed E-state index contributed by atoms with van der Waals surface area (Å²) in [5.41, 5.74) is 1.43. The van der Waals surface area contributed by atoms with Gasteiger partial charge in [-0.3, -0.25) is 4.79 Å². The van der Waals surface area contributed by atoms with Gasteiger partial charge in [-0.05, 0) is 32.9 Å². The first-order valence-corrected chi connectivity index (χ1v) is 7.91. The molecule has 0 aliphatic carbocycles. The van der Waals surface area contributed by atoms with Crippen LogP contribution in [0.2, 0.25) is 0 Å². The van der Waals surface area contributed by atoms with Crippen molar-refractivity contribution in [3.05, 3.63) is 35.7 Å². The molecule has 128 valence electrons. The Hall–Kier alpha value is -2.41. The fourth-order valence-electron chi connectivity index (χ4n) is 2.92. The molecular formula is C17H22N4O3. The second-order valence-corrected chi connectivity index (χ2v) is 6.43. The van der Waals surface area contributed by atoms with E-state index in [0.29, 0.717) is 36.9 Å². The van der Waals surface area contributed by atoms with Gasteiger partial charge in [0, 0.05) is 6.54 Å². The summed E-state index contributed by atoms with van der Waals surface area (Å²) in [7, 11) is 1.60. The molecule has 0 radical (unpaired) electrons. The summed E-state index contributed by atoms with van der Waals surface area (Å²) in [5.74, 6) is 0.554. The van der Waals surface area contributed by atoms with Crippen molar-refractivity contribution >= 4 is 5.91 Å². The number of ether oxygens (including phenoxy) is 2. The number of amides is 1. The minimum atomic E-state index is -0.365. The average molecular weight is 330 g/mol. The van der Waals surface area contributed by atoms with Gasteiger partial charge >= 0.3 is 0 Å². The number of methoxy groups -OCH3 is 1. The molecule has 0 saturated carbocycles. The summed E-state index contributed by atoms with van der Waals surface area (Å²) in [6.45, 7) is 7.42. The van der Waals surface area contributed by atoms with Crippen LogP contribution in [0.15, 0.2) is 24.3 Å². The third-order valence-electron chi connectivity index (χ3n) is 4.30. The number of aromatic nitrogens is 3. The van der Waals surface area contributed by atoms with Crippen LogP contribution < -0.4 is 4.74 Å². The first kappa shape index (κ1) is 16.4. The van der Waals surface area contributed by atoms with Gasteiger partial charge in [0.2, 0.25) is 0 Å². The Balaban J connectivity index is 1.97. The normalized spacial score (nSPS) is 16.9. The number of morpholine rings is 1. The van der Waals surface area contributed by atoms with Crippen molar-refractivity contribution in [1.82, 2.24) is 19.9 Å². The number of para-hydroxylation sites is 2. The molecule has 2 heterocycles. The Morgan fingerprint density at radius 2 is 2.08 bits per heavy atom. The van der Waals surface area contributed by atoms with Gasteiger partial charge in [0.25, 0.3) is 5.91 Å². The van der Waals surface area contributed by atoms with Crippen LogP contribution in [0.1, 0.15) is 30.0 Å². The zero-order chi connectivity index (χ0) is 17.3. The topological polar surface area (TPSA) is 69.5 Å². The lowest BCUT2D eigenvalue weighted by molar-refractivity contribution is -0.0373. The van der Waals surface area contributed by atoms with Crippen LogP contribution in [0, 0.1) is 6.92 Å². The van der Waals surface area contributed by atoms with E-state index in [1.54, 1.807) is 16.7 Å². The number of hydrogen-bond acceptors (Lipinski definition) is 5. The van der Waals surface area contributed by atoms with E-state index in [9.17, 15) is 4.79 Å². The van der Waals surface area contributed by atoms with E-state index < -0.39 is 0 Å². The van der Waals surface area contributed by atoms with Crippen molar-refractivity contribution in [1.29, 1.82) is 0 Å². The number of carbonyl (C=O) groups is 1. The van der Waals surface area contributed by atoms with E-state index in [1.807, 2.05) is 45.0 Å². The number of carbonyl (C=O) groups excluding carboxylic acids is 1. The van der Waals surface area contributed by atoms with Gasteiger partial charge in [-0.2, -0.15) is 0 Å². The Morgan fingerprint density at radius 1 is 1.33 bits per heavy atom. The fourth-order valence-corrected chi connectivity index (χ4v) is 2.92. The molecule has 0 atom stereocenters. The van der Waals surface area contributed by atoms with Crippen molar-refractivity contribution in [2.24, 2.45) is 0 Å². The molecule has 2 aromatic rings. The predicted octanol–water partition coefficient (Wildman–Crippen LogP) is 1.84. The molecule has 1 aromatic carbocycles. The number of rotatable bonds is 3. The van der Waals surface area contributed by atoms with E-state index in [2.05, 4.69) is 10.3 Å². The molecule has 1 fully saturated rings. The van der Waals surface area contributed by atoms with Crippen molar-refractivity contribution in [3.63, 3.8) is 0 Å². The second-order valence-electron chi connectivity index (χ2n) is 6.43. The van der Waals surface area contributed by atoms with E-state index in [-0.39, 0.29) is 11.4 Å². The summed E-state index contributed by atoms with van der Waals surface area (Å²) in [4.78, 5) is 14.8. The van der Waals surface area contributed by atoms with Crippen LogP contribution in [-0.2, 0) is 4.74 Å². The zero-order valence-electron chi connectivity index (χ0n) is 14.4. The number of nitrogens with zero attached hydrogens (tertiary/aromatic N) is 4. The third kappa shape index (κ3) is 2.75. The number of benzene rings is 1. The molecule has 1 aromatic heterocycles. The smallest absolute Gasteiger partial charge is 0.276 e. The van der Waals surface area contributed by atoms with Crippen molar-refractivity contribution in [3.8, 4) is 11.4 Å². The summed E-state index contributed by atoms with van der Waals surface area (Å²) in [5, 5.41) is 8.30. The van der Waals surface area contributed by atoms with Crippen molar-refractivity contribution in [2.45, 2.75) is 26.3 Å². The molecule has 0 unspecified atom stereocenters. The fraction of sp³-hybridized carbons (Fsp3) is 0.471. The number of hydrogen-bond donors (Lipinski definition) is 0. The highest BCUT2D eigenvalue weighted by atomic mass is 16.5. The van der Waals surface area contributed by atoms with Crippen LogP contribution >= 0.6 is 0 Å². The summed E-state index contributed by atoms with van der Waals surface area (Å²) >= 11 is 0. The monoisotopic (exact) mass is 330 g/mol. The minimum Gasteiger partial charge on any atom is -0.494 e. The highest BCUT2D eigenvalue weighted by Crippen LogP contribution is 2.25. The maximum absolute atomic E-state index is 13.0. The lowest BCUT2D eigenvalue weighted by atomic mass is 10.0. The molecule has 0 spiro atoms. The molecule has 0 bridgehead atoms. The van der Waals surface area contributed by atoms with E-state index in [0.717, 1.165) is 5.69 Å². The van der Waals surface area contributed by atoms with Crippen molar-refractivity contribution in [2.75, 3.05) is 26.9 Å². The molecule has 3 rings (SSSR count). The minimum absolute atomic E-state index is 0.123. The first-order valence-electron chi connectivity index (χ1n) is 7.91. The maximum Gasteiger partial charge on any atom is 0.276 e. The van der Waals surface area contributed by atoms with Crippen LogP contribution in [0.5, 0.6) is 5.75 Å². The summed E-state index contributed by atoms with van der Waals surface area (Å²) in [6, 6.07) is 7.51. The van der Waals surface area contributed by atoms with E-state index in [1.165, 1.54) is 0 Å². The van der Waals surface area contributed by atoms with E-state index in [4.69, 9.17) is 9.47 Å². The maximum atomic E-state index is 13.0. The quantitative estimate of drug-likeness (QED) is 0.859. The summed E-state index contributed by atoms with van der Waals surface area (Å²) in [6.07, 6.45) is 0. The molecule has 7 heteroatoms. The van der Waals surface area contributed by atoms with Crippen LogP contribution in [0.3, 0.4) is 0 Å². The van der Waals surface area contributed by atoms with Crippen LogP contribution in [0.4, 0.5) is 0 Å². The van der Waals surface area contributed by atoms with Gasteiger partial charge in [0.15, 0.2) is 5.69 Å². The van der Waals surface area contributed by atoms with Gasteiger partial charge in [-0.15, -0.1) is 5.10 Å². The highest BCUT2D eigenvalue weighted by Gasteiger charge is 2.36. The molecule has 1 aliphatic heterocycles. The van der Waals surface area contributed by atoms with Gasteiger partial charge in [-0.1, -0.05) is 17.3 Å². The first-order chi connectivity index (χ1) is 11.5. The summed E-state index contributed by atoms with van der Waals surface area (Å²) < 4.78 is 12.5. The SMILES string of the molecule is COc1ccccc1-n1nnc(C(=O)N2CCOCC2(C)C)c1C. The molecule has 1 amide bonds. The Kier molecular flexibility index (Phi) is 4.28. The largest absolute Gasteiger partial charge is 0.494 e. The van der Waals surface area contributed by atoms with Gasteiger partial charge in [-0.25, -0.2) is 4.68 Å². The molecule has 7 nitrogen and oxygen atoms in total. The molecule has 24 heavy (non-hydrogen) atoms. The lowest BCUT2D eigenvalue weighted by Gasteiger charge is -2.41. The zero-order valence-corrected chi connectivity index (χ0v) is 14.4. The van der Waals surface area contributed by atoms with Gasteiger partial charge in [0.1, 0.15) is 11.4 Å². The third-order valence-corrected chi connectivity index (χ3v) is 4.30. The standard InChI is InChI=1S/C17H22N4O3/c1-12-15(16(22)20-9-10-24-11-17(20,2)3)18-19-21(12)13-7-5-6-8-14(13)23-4/h5-8H,9-11H2,1-4H3. The lowest BCUT2D eigenvalue weighted by Crippen LogP contribution is -2.55. The Morgan fingerprint density at radius 3 is 2.79 bits per heavy atom. The molecule has 1 saturated heterocycles. The van der Waals surface area contributed by atoms with Gasteiger partial charge < -0.3 is 14.4 Å². The Bertz CT molecular complexity index is 754. The van der Waals surface area contributed by atoms with Gasteiger partial charge in [0.05, 0.1) is 31.6 Å². The van der Waals surface area contributed by atoms with Crippen LogP contribution in [-0.4, -0.2) is 58.2 Å². The molecule has 1 aliphatic rings. The molecular weight excluding hydrogens is 308 g/mol. The average Bonchev–Trinajstić information content (AvgIpc) is 2.95. The Labute approximate surface area is 141 Å². The predicted molar refractivity (Wildman–Crippen MR) is 88.6 cm³/mol. The van der Waals surface area contributed by atoms with Crippen molar-refractivity contribution < 1.29 is 14.3 Å². The second kappa shape index (κ2) is 6.24.